The van der Waals surface area contributed by atoms with Crippen molar-refractivity contribution < 1.29 is 23.9 Å². The molecule has 0 aromatic heterocycles. The van der Waals surface area contributed by atoms with Gasteiger partial charge in [0.05, 0.1) is 5.02 Å². The summed E-state index contributed by atoms with van der Waals surface area (Å²) in [4.78, 5) is 35.9. The summed E-state index contributed by atoms with van der Waals surface area (Å²) in [6, 6.07) is 4.06. The number of imide groups is 1. The maximum Gasteiger partial charge on any atom is 0.347 e. The lowest BCUT2D eigenvalue weighted by Gasteiger charge is -2.18. The van der Waals surface area contributed by atoms with Crippen molar-refractivity contribution in [3.63, 3.8) is 0 Å². The number of esters is 1. The van der Waals surface area contributed by atoms with Crippen LogP contribution in [0, 0.1) is 0 Å². The van der Waals surface area contributed by atoms with Crippen LogP contribution in [-0.4, -0.2) is 36.2 Å². The van der Waals surface area contributed by atoms with Crippen molar-refractivity contribution in [1.82, 2.24) is 10.6 Å². The van der Waals surface area contributed by atoms with Gasteiger partial charge in [0.1, 0.15) is 5.75 Å². The van der Waals surface area contributed by atoms with Crippen molar-refractivity contribution >= 4 is 41.1 Å². The van der Waals surface area contributed by atoms with E-state index in [4.69, 9.17) is 32.7 Å². The molecule has 1 aromatic carbocycles. The first-order chi connectivity index (χ1) is 12.8. The van der Waals surface area contributed by atoms with Gasteiger partial charge in [-0.3, -0.25) is 10.1 Å². The van der Waals surface area contributed by atoms with Crippen LogP contribution in [0.4, 0.5) is 4.79 Å². The number of ether oxygens (including phenoxy) is 2. The molecule has 0 radical (unpaired) electrons. The van der Waals surface area contributed by atoms with Crippen LogP contribution >= 0.6 is 23.2 Å². The van der Waals surface area contributed by atoms with Crippen LogP contribution in [0.3, 0.4) is 0 Å². The van der Waals surface area contributed by atoms with Crippen LogP contribution in [0.25, 0.3) is 0 Å². The van der Waals surface area contributed by atoms with Crippen molar-refractivity contribution in [3.8, 4) is 5.75 Å². The molecule has 27 heavy (non-hydrogen) atoms. The number of benzene rings is 1. The number of hydrogen-bond donors (Lipinski definition) is 2. The van der Waals surface area contributed by atoms with E-state index in [0.717, 1.165) is 25.7 Å². The highest BCUT2D eigenvalue weighted by molar-refractivity contribution is 6.35. The van der Waals surface area contributed by atoms with Gasteiger partial charge in [-0.25, -0.2) is 9.59 Å². The molecule has 0 spiro atoms. The molecule has 1 saturated carbocycles. The highest BCUT2D eigenvalue weighted by Gasteiger charge is 2.26. The Morgan fingerprint density at radius 2 is 1.78 bits per heavy atom. The van der Waals surface area contributed by atoms with Gasteiger partial charge in [-0.1, -0.05) is 36.0 Å². The van der Waals surface area contributed by atoms with E-state index in [1.54, 1.807) is 6.07 Å². The van der Waals surface area contributed by atoms with Crippen molar-refractivity contribution in [3.05, 3.63) is 28.2 Å². The summed E-state index contributed by atoms with van der Waals surface area (Å²) in [5.41, 5.74) is 0. The Hall–Kier alpha value is -1.99. The Morgan fingerprint density at radius 1 is 1.11 bits per heavy atom. The van der Waals surface area contributed by atoms with Crippen LogP contribution < -0.4 is 15.4 Å². The first-order valence-electron chi connectivity index (χ1n) is 8.70. The number of nitrogens with one attached hydrogen (secondary N) is 2. The summed E-state index contributed by atoms with van der Waals surface area (Å²) in [7, 11) is 0. The monoisotopic (exact) mass is 416 g/mol. The predicted molar refractivity (Wildman–Crippen MR) is 101 cm³/mol. The smallest absolute Gasteiger partial charge is 0.347 e. The molecule has 1 aliphatic rings. The molecule has 3 amide bonds. The van der Waals surface area contributed by atoms with Crippen molar-refractivity contribution in [2.75, 3.05) is 0 Å². The summed E-state index contributed by atoms with van der Waals surface area (Å²) in [6.07, 6.45) is 1.75. The SMILES string of the molecule is C[C@H](OC(=O)[C@H](C)Oc1ccc(Cl)cc1Cl)C(=O)NC(=O)NC1CCCC1. The fourth-order valence-electron chi connectivity index (χ4n) is 2.64. The Kier molecular flexibility index (Phi) is 7.74. The van der Waals surface area contributed by atoms with Crippen LogP contribution in [-0.2, 0) is 14.3 Å². The molecule has 9 heteroatoms. The first kappa shape index (κ1) is 21.3. The fraction of sp³-hybridized carbons (Fsp3) is 0.500. The van der Waals surface area contributed by atoms with Crippen molar-refractivity contribution in [2.24, 2.45) is 0 Å². The molecule has 2 atom stereocenters. The molecule has 0 unspecified atom stereocenters. The van der Waals surface area contributed by atoms with Crippen molar-refractivity contribution in [2.45, 2.75) is 57.8 Å². The molecule has 2 rings (SSSR count). The average molecular weight is 417 g/mol. The molecule has 1 fully saturated rings. The maximum atomic E-state index is 12.1. The predicted octanol–water partition coefficient (Wildman–Crippen LogP) is 3.46. The zero-order valence-corrected chi connectivity index (χ0v) is 16.6. The summed E-state index contributed by atoms with van der Waals surface area (Å²) in [5, 5.41) is 5.58. The highest BCUT2D eigenvalue weighted by Crippen LogP contribution is 2.28. The second-order valence-corrected chi connectivity index (χ2v) is 7.20. The summed E-state index contributed by atoms with van der Waals surface area (Å²) >= 11 is 11.8. The topological polar surface area (TPSA) is 93.7 Å². The summed E-state index contributed by atoms with van der Waals surface area (Å²) < 4.78 is 10.5. The number of amides is 3. The van der Waals surface area contributed by atoms with Gasteiger partial charge in [-0.15, -0.1) is 0 Å². The third-order valence-corrected chi connectivity index (χ3v) is 4.65. The molecule has 1 aromatic rings. The maximum absolute atomic E-state index is 12.1. The van der Waals surface area contributed by atoms with E-state index in [9.17, 15) is 14.4 Å². The van der Waals surface area contributed by atoms with Crippen LogP contribution in [0.15, 0.2) is 18.2 Å². The molecule has 2 N–H and O–H groups in total. The molecule has 0 aliphatic heterocycles. The number of carbonyl (C=O) groups excluding carboxylic acids is 3. The second kappa shape index (κ2) is 9.80. The Morgan fingerprint density at radius 3 is 2.41 bits per heavy atom. The molecular weight excluding hydrogens is 395 g/mol. The molecule has 148 valence electrons. The molecular formula is C18H22Cl2N2O5. The Bertz CT molecular complexity index is 707. The van der Waals surface area contributed by atoms with Gasteiger partial charge < -0.3 is 14.8 Å². The minimum absolute atomic E-state index is 0.0770. The largest absolute Gasteiger partial charge is 0.477 e. The average Bonchev–Trinajstić information content (AvgIpc) is 3.09. The van der Waals surface area contributed by atoms with E-state index in [-0.39, 0.29) is 16.8 Å². The highest BCUT2D eigenvalue weighted by atomic mass is 35.5. The van der Waals surface area contributed by atoms with Crippen LogP contribution in [0.1, 0.15) is 39.5 Å². The zero-order valence-electron chi connectivity index (χ0n) is 15.1. The van der Waals surface area contributed by atoms with Gasteiger partial charge in [0.2, 0.25) is 0 Å². The molecule has 1 aliphatic carbocycles. The van der Waals surface area contributed by atoms with Crippen LogP contribution in [0.5, 0.6) is 5.75 Å². The quantitative estimate of drug-likeness (QED) is 0.692. The third-order valence-electron chi connectivity index (χ3n) is 4.12. The van der Waals surface area contributed by atoms with Crippen molar-refractivity contribution in [1.29, 1.82) is 0 Å². The number of hydrogen-bond acceptors (Lipinski definition) is 5. The van der Waals surface area contributed by atoms with Gasteiger partial charge in [0.15, 0.2) is 12.2 Å². The van der Waals surface area contributed by atoms with E-state index >= 15 is 0 Å². The Labute approximate surface area is 167 Å². The van der Waals surface area contributed by atoms with E-state index in [0.29, 0.717) is 5.02 Å². The summed E-state index contributed by atoms with van der Waals surface area (Å²) in [6.45, 7) is 2.84. The van der Waals surface area contributed by atoms with E-state index in [1.165, 1.54) is 26.0 Å². The van der Waals surface area contributed by atoms with Gasteiger partial charge in [0, 0.05) is 11.1 Å². The van der Waals surface area contributed by atoms with Gasteiger partial charge >= 0.3 is 12.0 Å². The molecule has 0 heterocycles. The standard InChI is InChI=1S/C18H22Cl2N2O5/c1-10(16(23)22-18(25)21-13-5-3-4-6-13)27-17(24)11(2)26-15-8-7-12(19)9-14(15)20/h7-11,13H,3-6H2,1-2H3,(H2,21,22,23,25)/t10-,11-/m0/s1. The number of urea groups is 1. The second-order valence-electron chi connectivity index (χ2n) is 6.36. The first-order valence-corrected chi connectivity index (χ1v) is 9.45. The zero-order chi connectivity index (χ0) is 20.0. The molecule has 0 bridgehead atoms. The Balaban J connectivity index is 1.80. The van der Waals surface area contributed by atoms with Gasteiger partial charge in [-0.2, -0.15) is 0 Å². The normalized spacial score (nSPS) is 16.3. The molecule has 0 saturated heterocycles. The lowest BCUT2D eigenvalue weighted by atomic mass is 10.2. The van der Waals surface area contributed by atoms with Gasteiger partial charge in [-0.05, 0) is 44.9 Å². The van der Waals surface area contributed by atoms with E-state index in [2.05, 4.69) is 10.6 Å². The van der Waals surface area contributed by atoms with Gasteiger partial charge in [0.25, 0.3) is 5.91 Å². The lowest BCUT2D eigenvalue weighted by Crippen LogP contribution is -2.47. The third kappa shape index (κ3) is 6.59. The van der Waals surface area contributed by atoms with E-state index < -0.39 is 30.1 Å². The molecule has 7 nitrogen and oxygen atoms in total. The summed E-state index contributed by atoms with van der Waals surface area (Å²) in [5.74, 6) is -1.21. The number of carbonyl (C=O) groups is 3. The number of halogens is 2. The minimum atomic E-state index is -1.15. The van der Waals surface area contributed by atoms with Crippen LogP contribution in [0.2, 0.25) is 10.0 Å². The lowest BCUT2D eigenvalue weighted by molar-refractivity contribution is -0.160. The fourth-order valence-corrected chi connectivity index (χ4v) is 3.09. The van der Waals surface area contributed by atoms with E-state index in [1.807, 2.05) is 0 Å². The number of rotatable bonds is 6. The minimum Gasteiger partial charge on any atom is -0.477 e.